The van der Waals surface area contributed by atoms with Crippen LogP contribution in [-0.4, -0.2) is 64.7 Å². The number of ether oxygens (including phenoxy) is 3. The summed E-state index contributed by atoms with van der Waals surface area (Å²) >= 11 is 0. The first-order valence-electron chi connectivity index (χ1n) is 11.0. The molecule has 1 saturated carbocycles. The van der Waals surface area contributed by atoms with Gasteiger partial charge in [0, 0.05) is 12.5 Å². The van der Waals surface area contributed by atoms with Crippen molar-refractivity contribution in [1.29, 1.82) is 0 Å². The summed E-state index contributed by atoms with van der Waals surface area (Å²) in [6.45, 7) is 3.56. The molecule has 2 unspecified atom stereocenters. The minimum Gasteiger partial charge on any atom is -0.491 e. The molecule has 1 heterocycles. The quantitative estimate of drug-likeness (QED) is 0.483. The number of carbonyl (C=O) groups excluding carboxylic acids is 2. The number of benzene rings is 1. The molecule has 0 bridgehead atoms. The molecule has 0 amide bonds. The van der Waals surface area contributed by atoms with Crippen molar-refractivity contribution in [2.75, 3.05) is 20.8 Å². The van der Waals surface area contributed by atoms with Crippen LogP contribution in [0, 0.1) is 5.82 Å². The number of esters is 2. The van der Waals surface area contributed by atoms with Crippen LogP contribution >= 0.6 is 0 Å². The Balaban J connectivity index is 1.98. The summed E-state index contributed by atoms with van der Waals surface area (Å²) in [5.41, 5.74) is -0.839. The van der Waals surface area contributed by atoms with E-state index in [1.807, 2.05) is 0 Å². The Morgan fingerprint density at radius 3 is 2.62 bits per heavy atom. The van der Waals surface area contributed by atoms with Crippen LogP contribution in [0.5, 0.6) is 5.75 Å². The maximum absolute atomic E-state index is 14.7. The third-order valence-corrected chi connectivity index (χ3v) is 5.73. The van der Waals surface area contributed by atoms with E-state index in [4.69, 9.17) is 9.47 Å². The van der Waals surface area contributed by atoms with Crippen molar-refractivity contribution in [1.82, 2.24) is 25.5 Å². The average Bonchev–Trinajstić information content (AvgIpc) is 3.26. The van der Waals surface area contributed by atoms with E-state index in [2.05, 4.69) is 25.6 Å². The summed E-state index contributed by atoms with van der Waals surface area (Å²) in [6, 6.07) is 2.42. The fraction of sp³-hybridized carbons (Fsp3) is 0.591. The Hall–Kier alpha value is -3.15. The van der Waals surface area contributed by atoms with Gasteiger partial charge in [0.15, 0.2) is 23.4 Å². The Bertz CT molecular complexity index is 1010. The molecule has 0 spiro atoms. The second-order valence-electron chi connectivity index (χ2n) is 8.38. The zero-order valence-corrected chi connectivity index (χ0v) is 19.6. The van der Waals surface area contributed by atoms with Crippen molar-refractivity contribution in [3.05, 3.63) is 35.4 Å². The highest BCUT2D eigenvalue weighted by Gasteiger charge is 2.42. The fourth-order valence-electron chi connectivity index (χ4n) is 4.06. The van der Waals surface area contributed by atoms with Gasteiger partial charge in [-0.25, -0.2) is 18.3 Å². The minimum atomic E-state index is -1.30. The van der Waals surface area contributed by atoms with Gasteiger partial charge in [-0.2, -0.15) is 0 Å². The summed E-state index contributed by atoms with van der Waals surface area (Å²) in [5, 5.41) is 15.0. The maximum Gasteiger partial charge on any atom is 0.330 e. The predicted octanol–water partition coefficient (Wildman–Crippen LogP) is 2.45. The molecule has 0 radical (unpaired) electrons. The van der Waals surface area contributed by atoms with Crippen LogP contribution in [0.2, 0.25) is 0 Å². The molecule has 2 aromatic rings. The van der Waals surface area contributed by atoms with E-state index in [-0.39, 0.29) is 43.3 Å². The molecule has 1 aliphatic carbocycles. The first kappa shape index (κ1) is 25.5. The van der Waals surface area contributed by atoms with Gasteiger partial charge < -0.3 is 19.5 Å². The largest absolute Gasteiger partial charge is 0.491 e. The van der Waals surface area contributed by atoms with Crippen LogP contribution < -0.4 is 10.1 Å². The lowest BCUT2D eigenvalue weighted by atomic mass is 9.78. The number of hydrogen-bond acceptors (Lipinski definition) is 9. The maximum atomic E-state index is 14.7. The molecule has 1 N–H and O–H groups in total. The Labute approximate surface area is 195 Å². The zero-order chi connectivity index (χ0) is 24.9. The molecular formula is C22H29F2N5O5. The number of alkyl halides is 1. The average molecular weight is 482 g/mol. The van der Waals surface area contributed by atoms with Gasteiger partial charge in [0.1, 0.15) is 5.67 Å². The van der Waals surface area contributed by atoms with E-state index < -0.39 is 35.5 Å². The van der Waals surface area contributed by atoms with Gasteiger partial charge in [0.25, 0.3) is 0 Å². The number of hydrogen-bond donors (Lipinski definition) is 1. The SMILES string of the molecule is CCOc1ccc(C(NC2CC(C)(F)C2)c2nnnn2C(CCC(=O)OC)C(=O)OC)cc1F. The van der Waals surface area contributed by atoms with Gasteiger partial charge in [-0.05, 0) is 61.2 Å². The highest BCUT2D eigenvalue weighted by molar-refractivity contribution is 5.75. The standard InChI is InChI=1S/C22H29F2N5O5/c1-5-34-17-8-6-13(10-15(17)23)19(25-14-11-22(2,24)12-14)20-26-27-28-29(20)16(21(31)33-4)7-9-18(30)32-3/h6,8,10,14,16,19,25H,5,7,9,11-12H2,1-4H3. The van der Waals surface area contributed by atoms with Gasteiger partial charge in [-0.15, -0.1) is 5.10 Å². The highest BCUT2D eigenvalue weighted by atomic mass is 19.1. The minimum absolute atomic E-state index is 0.0216. The first-order valence-corrected chi connectivity index (χ1v) is 11.0. The molecule has 1 fully saturated rings. The van der Waals surface area contributed by atoms with Gasteiger partial charge in [0.05, 0.1) is 26.9 Å². The van der Waals surface area contributed by atoms with Crippen LogP contribution in [0.25, 0.3) is 0 Å². The number of nitrogens with zero attached hydrogens (tertiary/aromatic N) is 4. The summed E-state index contributed by atoms with van der Waals surface area (Å²) < 4.78 is 44.9. The lowest BCUT2D eigenvalue weighted by Crippen LogP contribution is -2.51. The fourth-order valence-corrected chi connectivity index (χ4v) is 4.06. The van der Waals surface area contributed by atoms with Crippen molar-refractivity contribution < 1.29 is 32.6 Å². The Kier molecular flexibility index (Phi) is 8.13. The number of aromatic nitrogens is 4. The van der Waals surface area contributed by atoms with Crippen molar-refractivity contribution in [3.8, 4) is 5.75 Å². The van der Waals surface area contributed by atoms with Gasteiger partial charge in [-0.1, -0.05) is 6.07 Å². The zero-order valence-electron chi connectivity index (χ0n) is 19.6. The van der Waals surface area contributed by atoms with E-state index in [0.717, 1.165) is 0 Å². The molecule has 1 aromatic carbocycles. The van der Waals surface area contributed by atoms with Crippen LogP contribution in [0.15, 0.2) is 18.2 Å². The molecule has 12 heteroatoms. The molecule has 0 saturated heterocycles. The Morgan fingerprint density at radius 1 is 1.29 bits per heavy atom. The van der Waals surface area contributed by atoms with Crippen molar-refractivity contribution in [3.63, 3.8) is 0 Å². The summed E-state index contributed by atoms with van der Waals surface area (Å²) in [4.78, 5) is 24.2. The topological polar surface area (TPSA) is 117 Å². The summed E-state index contributed by atoms with van der Waals surface area (Å²) in [7, 11) is 2.46. The lowest BCUT2D eigenvalue weighted by molar-refractivity contribution is -0.146. The first-order chi connectivity index (χ1) is 16.2. The van der Waals surface area contributed by atoms with Crippen LogP contribution in [0.3, 0.4) is 0 Å². The van der Waals surface area contributed by atoms with Gasteiger partial charge in [0.2, 0.25) is 0 Å². The molecule has 186 valence electrons. The molecule has 1 aromatic heterocycles. The molecule has 34 heavy (non-hydrogen) atoms. The van der Waals surface area contributed by atoms with E-state index in [9.17, 15) is 18.4 Å². The number of halogens is 2. The number of rotatable bonds is 11. The van der Waals surface area contributed by atoms with Crippen LogP contribution in [0.4, 0.5) is 8.78 Å². The van der Waals surface area contributed by atoms with Crippen LogP contribution in [0.1, 0.15) is 63.0 Å². The third-order valence-electron chi connectivity index (χ3n) is 5.73. The third kappa shape index (κ3) is 5.85. The van der Waals surface area contributed by atoms with E-state index in [1.54, 1.807) is 13.0 Å². The number of tetrazole rings is 1. The predicted molar refractivity (Wildman–Crippen MR) is 115 cm³/mol. The van der Waals surface area contributed by atoms with Crippen molar-refractivity contribution in [2.45, 2.75) is 63.3 Å². The van der Waals surface area contributed by atoms with Gasteiger partial charge in [-0.3, -0.25) is 4.79 Å². The van der Waals surface area contributed by atoms with Crippen LogP contribution in [-0.2, 0) is 19.1 Å². The van der Waals surface area contributed by atoms with E-state index >= 15 is 0 Å². The van der Waals surface area contributed by atoms with Crippen molar-refractivity contribution in [2.24, 2.45) is 0 Å². The second-order valence-corrected chi connectivity index (χ2v) is 8.38. The Morgan fingerprint density at radius 2 is 2.03 bits per heavy atom. The van der Waals surface area contributed by atoms with E-state index in [1.165, 1.54) is 38.0 Å². The lowest BCUT2D eigenvalue weighted by Gasteiger charge is -2.41. The number of carbonyl (C=O) groups is 2. The molecular weight excluding hydrogens is 452 g/mol. The molecule has 10 nitrogen and oxygen atoms in total. The highest BCUT2D eigenvalue weighted by Crippen LogP contribution is 2.38. The van der Waals surface area contributed by atoms with Crippen molar-refractivity contribution >= 4 is 11.9 Å². The molecule has 1 aliphatic rings. The van der Waals surface area contributed by atoms with E-state index in [0.29, 0.717) is 12.2 Å². The second kappa shape index (κ2) is 10.9. The number of nitrogens with one attached hydrogen (secondary N) is 1. The molecule has 0 aliphatic heterocycles. The molecule has 2 atom stereocenters. The normalized spacial score (nSPS) is 21.3. The smallest absolute Gasteiger partial charge is 0.330 e. The number of methoxy groups -OCH3 is 2. The molecule has 3 rings (SSSR count). The summed E-state index contributed by atoms with van der Waals surface area (Å²) in [6.07, 6.45) is 0.461. The summed E-state index contributed by atoms with van der Waals surface area (Å²) in [5.74, 6) is -1.46. The monoisotopic (exact) mass is 481 g/mol. The van der Waals surface area contributed by atoms with Gasteiger partial charge >= 0.3 is 11.9 Å².